The fourth-order valence-corrected chi connectivity index (χ4v) is 2.27. The topological polar surface area (TPSA) is 75.9 Å². The molecule has 6 nitrogen and oxygen atoms in total. The Kier molecular flexibility index (Phi) is 4.80. The molecule has 21 heavy (non-hydrogen) atoms. The number of aromatic nitrogens is 2. The molecule has 0 saturated heterocycles. The van der Waals surface area contributed by atoms with E-state index in [0.717, 1.165) is 0 Å². The highest BCUT2D eigenvalue weighted by Gasteiger charge is 2.21. The average molecular weight is 291 g/mol. The van der Waals surface area contributed by atoms with Crippen LogP contribution in [0.2, 0.25) is 0 Å². The van der Waals surface area contributed by atoms with E-state index in [1.807, 2.05) is 26.0 Å². The number of nitrogens with zero attached hydrogens (tertiary/aromatic N) is 2. The lowest BCUT2D eigenvalue weighted by Gasteiger charge is -2.14. The molecule has 2 aromatic rings. The van der Waals surface area contributed by atoms with Gasteiger partial charge in [-0.15, -0.1) is 0 Å². The van der Waals surface area contributed by atoms with Crippen molar-refractivity contribution in [3.05, 3.63) is 29.7 Å². The standard InChI is InChI=1S/C15H21N3O3/c1-4-10(9-19)16-15(20)13-11(5-2)17-14-12(21-3)7-6-8-18(13)14/h6-8,10,19H,4-5,9H2,1-3H3,(H,16,20). The summed E-state index contributed by atoms with van der Waals surface area (Å²) in [4.78, 5) is 17.0. The second-order valence-electron chi connectivity index (χ2n) is 4.79. The van der Waals surface area contributed by atoms with E-state index >= 15 is 0 Å². The number of ether oxygens (including phenoxy) is 1. The Morgan fingerprint density at radius 1 is 1.52 bits per heavy atom. The summed E-state index contributed by atoms with van der Waals surface area (Å²) in [6, 6.07) is 3.37. The molecule has 2 rings (SSSR count). The number of hydrogen-bond acceptors (Lipinski definition) is 4. The lowest BCUT2D eigenvalue weighted by molar-refractivity contribution is 0.0908. The van der Waals surface area contributed by atoms with Gasteiger partial charge in [-0.1, -0.05) is 13.8 Å². The SMILES string of the molecule is CCc1nc2c(OC)cccn2c1C(=O)NC(CC)CO. The van der Waals surface area contributed by atoms with Gasteiger partial charge in [-0.3, -0.25) is 9.20 Å². The molecule has 114 valence electrons. The van der Waals surface area contributed by atoms with Crippen molar-refractivity contribution in [1.29, 1.82) is 0 Å². The summed E-state index contributed by atoms with van der Waals surface area (Å²) in [5, 5.41) is 12.1. The first-order valence-corrected chi connectivity index (χ1v) is 7.11. The monoisotopic (exact) mass is 291 g/mol. The van der Waals surface area contributed by atoms with Gasteiger partial charge in [-0.2, -0.15) is 0 Å². The van der Waals surface area contributed by atoms with Gasteiger partial charge < -0.3 is 15.2 Å². The van der Waals surface area contributed by atoms with E-state index in [4.69, 9.17) is 4.74 Å². The van der Waals surface area contributed by atoms with Crippen molar-refractivity contribution in [3.8, 4) is 5.75 Å². The van der Waals surface area contributed by atoms with Crippen molar-refractivity contribution in [1.82, 2.24) is 14.7 Å². The number of rotatable bonds is 6. The number of aliphatic hydroxyl groups excluding tert-OH is 1. The quantitative estimate of drug-likeness (QED) is 0.843. The number of amides is 1. The zero-order chi connectivity index (χ0) is 15.4. The molecule has 1 unspecified atom stereocenters. The lowest BCUT2D eigenvalue weighted by Crippen LogP contribution is -2.37. The molecule has 0 aliphatic carbocycles. The average Bonchev–Trinajstić information content (AvgIpc) is 2.90. The second kappa shape index (κ2) is 6.58. The van der Waals surface area contributed by atoms with E-state index in [0.29, 0.717) is 35.6 Å². The molecule has 1 amide bonds. The minimum absolute atomic E-state index is 0.0796. The van der Waals surface area contributed by atoms with Crippen molar-refractivity contribution >= 4 is 11.6 Å². The second-order valence-corrected chi connectivity index (χ2v) is 4.79. The Labute approximate surface area is 123 Å². The Hall–Kier alpha value is -2.08. The molecule has 0 aliphatic heterocycles. The first-order valence-electron chi connectivity index (χ1n) is 7.11. The van der Waals surface area contributed by atoms with Gasteiger partial charge in [0.05, 0.1) is 25.5 Å². The highest BCUT2D eigenvalue weighted by Crippen LogP contribution is 2.22. The van der Waals surface area contributed by atoms with Gasteiger partial charge in [-0.05, 0) is 25.0 Å². The lowest BCUT2D eigenvalue weighted by atomic mass is 10.2. The third-order valence-electron chi connectivity index (χ3n) is 3.50. The van der Waals surface area contributed by atoms with Crippen molar-refractivity contribution < 1.29 is 14.6 Å². The molecule has 1 atom stereocenters. The van der Waals surface area contributed by atoms with E-state index in [2.05, 4.69) is 10.3 Å². The van der Waals surface area contributed by atoms with Crippen LogP contribution in [-0.2, 0) is 6.42 Å². The van der Waals surface area contributed by atoms with E-state index in [1.54, 1.807) is 17.7 Å². The number of aryl methyl sites for hydroxylation is 1. The number of imidazole rings is 1. The predicted molar refractivity (Wildman–Crippen MR) is 79.8 cm³/mol. The molecule has 0 saturated carbocycles. The fourth-order valence-electron chi connectivity index (χ4n) is 2.27. The minimum Gasteiger partial charge on any atom is -0.493 e. The Bertz CT molecular complexity index is 632. The van der Waals surface area contributed by atoms with Crippen LogP contribution in [0.3, 0.4) is 0 Å². The number of pyridine rings is 1. The van der Waals surface area contributed by atoms with Crippen molar-refractivity contribution in [3.63, 3.8) is 0 Å². The third kappa shape index (κ3) is 2.85. The number of hydrogen-bond donors (Lipinski definition) is 2. The maximum atomic E-state index is 12.5. The van der Waals surface area contributed by atoms with Crippen LogP contribution in [-0.4, -0.2) is 40.2 Å². The van der Waals surface area contributed by atoms with Crippen LogP contribution in [0.1, 0.15) is 36.5 Å². The Morgan fingerprint density at radius 3 is 2.86 bits per heavy atom. The van der Waals surface area contributed by atoms with Gasteiger partial charge in [0.15, 0.2) is 11.4 Å². The summed E-state index contributed by atoms with van der Waals surface area (Å²) >= 11 is 0. The number of fused-ring (bicyclic) bond motifs is 1. The molecule has 2 N–H and O–H groups in total. The largest absolute Gasteiger partial charge is 0.493 e. The predicted octanol–water partition coefficient (Wildman–Crippen LogP) is 1.41. The molecule has 6 heteroatoms. The number of methoxy groups -OCH3 is 1. The molecular weight excluding hydrogens is 270 g/mol. The first-order chi connectivity index (χ1) is 10.2. The number of carbonyl (C=O) groups is 1. The van der Waals surface area contributed by atoms with Gasteiger partial charge in [0.2, 0.25) is 0 Å². The number of nitrogens with one attached hydrogen (secondary N) is 1. The summed E-state index contributed by atoms with van der Waals surface area (Å²) in [7, 11) is 1.58. The molecule has 0 radical (unpaired) electrons. The summed E-state index contributed by atoms with van der Waals surface area (Å²) < 4.78 is 7.02. The summed E-state index contributed by atoms with van der Waals surface area (Å²) in [6.45, 7) is 3.79. The maximum Gasteiger partial charge on any atom is 0.270 e. The first kappa shape index (κ1) is 15.3. The Morgan fingerprint density at radius 2 is 2.29 bits per heavy atom. The van der Waals surface area contributed by atoms with Crippen molar-refractivity contribution in [2.24, 2.45) is 0 Å². The minimum atomic E-state index is -0.252. The van der Waals surface area contributed by atoms with Crippen LogP contribution in [0.5, 0.6) is 5.75 Å². The van der Waals surface area contributed by atoms with Crippen LogP contribution >= 0.6 is 0 Å². The van der Waals surface area contributed by atoms with Gasteiger partial charge in [-0.25, -0.2) is 4.98 Å². The van der Waals surface area contributed by atoms with E-state index in [9.17, 15) is 9.90 Å². The summed E-state index contributed by atoms with van der Waals surface area (Å²) in [5.41, 5.74) is 1.84. The highest BCUT2D eigenvalue weighted by molar-refractivity contribution is 5.95. The molecule has 2 heterocycles. The van der Waals surface area contributed by atoms with Gasteiger partial charge >= 0.3 is 0 Å². The van der Waals surface area contributed by atoms with Gasteiger partial charge in [0, 0.05) is 6.20 Å². The van der Waals surface area contributed by atoms with E-state index in [1.165, 1.54) is 0 Å². The molecule has 0 aliphatic rings. The normalized spacial score (nSPS) is 12.4. The van der Waals surface area contributed by atoms with Crippen LogP contribution in [0, 0.1) is 0 Å². The zero-order valence-electron chi connectivity index (χ0n) is 12.6. The van der Waals surface area contributed by atoms with Crippen LogP contribution in [0.15, 0.2) is 18.3 Å². The molecule has 2 aromatic heterocycles. The fraction of sp³-hybridized carbons (Fsp3) is 0.467. The molecule has 0 bridgehead atoms. The highest BCUT2D eigenvalue weighted by atomic mass is 16.5. The number of aliphatic hydroxyl groups is 1. The summed E-state index contributed by atoms with van der Waals surface area (Å²) in [6.07, 6.45) is 3.10. The molecule has 0 spiro atoms. The molecular formula is C15H21N3O3. The van der Waals surface area contributed by atoms with Crippen molar-refractivity contribution in [2.75, 3.05) is 13.7 Å². The van der Waals surface area contributed by atoms with Crippen LogP contribution < -0.4 is 10.1 Å². The maximum absolute atomic E-state index is 12.5. The zero-order valence-corrected chi connectivity index (χ0v) is 12.6. The summed E-state index contributed by atoms with van der Waals surface area (Å²) in [5.74, 6) is 0.397. The van der Waals surface area contributed by atoms with E-state index in [-0.39, 0.29) is 18.6 Å². The van der Waals surface area contributed by atoms with Gasteiger partial charge in [0.25, 0.3) is 5.91 Å². The van der Waals surface area contributed by atoms with Crippen molar-refractivity contribution in [2.45, 2.75) is 32.7 Å². The smallest absolute Gasteiger partial charge is 0.270 e. The van der Waals surface area contributed by atoms with Gasteiger partial charge in [0.1, 0.15) is 5.69 Å². The molecule has 0 fully saturated rings. The Balaban J connectivity index is 2.49. The van der Waals surface area contributed by atoms with Crippen LogP contribution in [0.25, 0.3) is 5.65 Å². The number of carbonyl (C=O) groups excluding carboxylic acids is 1. The van der Waals surface area contributed by atoms with E-state index < -0.39 is 0 Å². The third-order valence-corrected chi connectivity index (χ3v) is 3.50. The van der Waals surface area contributed by atoms with Crippen LogP contribution in [0.4, 0.5) is 0 Å². The molecule has 0 aromatic carbocycles.